The Bertz CT molecular complexity index is 1470. The van der Waals surface area contributed by atoms with Crippen LogP contribution in [0.5, 0.6) is 6.01 Å². The van der Waals surface area contributed by atoms with Crippen LogP contribution >= 0.6 is 27.5 Å². The molecule has 2 aromatic heterocycles. The molecule has 0 radical (unpaired) electrons. The van der Waals surface area contributed by atoms with E-state index in [0.717, 1.165) is 37.9 Å². The summed E-state index contributed by atoms with van der Waals surface area (Å²) in [5.41, 5.74) is 0.924. The number of carbonyl (C=O) groups excluding carboxylic acids is 1. The maximum atomic E-state index is 15.5. The monoisotopic (exact) mass is 637 g/mol. The first-order valence-corrected chi connectivity index (χ1v) is 14.7. The maximum absolute atomic E-state index is 15.5. The number of ether oxygens (including phenoxy) is 1. The predicted octanol–water partition coefficient (Wildman–Crippen LogP) is 4.84. The molecular weight excluding hydrogens is 608 g/mol. The molecule has 2 fully saturated rings. The first-order chi connectivity index (χ1) is 19.1. The molecular formula is C27H31BrClF2N7O2. The summed E-state index contributed by atoms with van der Waals surface area (Å²) in [5.74, 6) is -0.285. The number of hydrogen-bond donors (Lipinski definition) is 0. The molecule has 3 aromatic rings. The van der Waals surface area contributed by atoms with E-state index in [4.69, 9.17) is 21.3 Å². The molecule has 13 heteroatoms. The van der Waals surface area contributed by atoms with Gasteiger partial charge in [-0.2, -0.15) is 15.1 Å². The number of fused-ring (bicyclic) bond motifs is 3. The summed E-state index contributed by atoms with van der Waals surface area (Å²) >= 11 is 9.62. The van der Waals surface area contributed by atoms with Crippen molar-refractivity contribution >= 4 is 50.2 Å². The van der Waals surface area contributed by atoms with E-state index >= 15 is 4.39 Å². The van der Waals surface area contributed by atoms with Crippen LogP contribution in [0.25, 0.3) is 10.9 Å². The SMILES string of the molecule is CN(C)C(=O)c1cc2n(n1)CCCCN(c1nc(OC[C@@]34CCCN3C[C@H](F)C4)nc3c(F)c(Br)c(Cl)cc13)C2. The van der Waals surface area contributed by atoms with Crippen molar-refractivity contribution in [2.45, 2.75) is 56.9 Å². The van der Waals surface area contributed by atoms with Gasteiger partial charge in [0.15, 0.2) is 11.5 Å². The third kappa shape index (κ3) is 4.92. The molecule has 2 atom stereocenters. The summed E-state index contributed by atoms with van der Waals surface area (Å²) in [5, 5.41) is 5.22. The Morgan fingerprint density at radius 2 is 2.02 bits per heavy atom. The van der Waals surface area contributed by atoms with Crippen LogP contribution in [0, 0.1) is 5.82 Å². The molecule has 3 aliphatic rings. The number of nitrogens with zero attached hydrogens (tertiary/aromatic N) is 7. The second-order valence-electron chi connectivity index (χ2n) is 11.1. The first kappa shape index (κ1) is 27.6. The molecule has 0 saturated carbocycles. The molecule has 1 amide bonds. The van der Waals surface area contributed by atoms with Crippen LogP contribution in [0.15, 0.2) is 16.6 Å². The van der Waals surface area contributed by atoms with Gasteiger partial charge in [0.1, 0.15) is 24.1 Å². The fourth-order valence-corrected chi connectivity index (χ4v) is 6.71. The Labute approximate surface area is 244 Å². The third-order valence-corrected chi connectivity index (χ3v) is 9.51. The van der Waals surface area contributed by atoms with E-state index in [-0.39, 0.29) is 39.1 Å². The number of amides is 1. The van der Waals surface area contributed by atoms with Crippen LogP contribution < -0.4 is 9.64 Å². The van der Waals surface area contributed by atoms with Crippen molar-refractivity contribution in [2.75, 3.05) is 45.2 Å². The van der Waals surface area contributed by atoms with Gasteiger partial charge >= 0.3 is 6.01 Å². The van der Waals surface area contributed by atoms with Crippen molar-refractivity contribution in [2.24, 2.45) is 0 Å². The van der Waals surface area contributed by atoms with E-state index < -0.39 is 12.0 Å². The van der Waals surface area contributed by atoms with Crippen LogP contribution in [-0.4, -0.2) is 87.5 Å². The quantitative estimate of drug-likeness (QED) is 0.370. The number of benzene rings is 1. The zero-order chi connectivity index (χ0) is 28.2. The lowest BCUT2D eigenvalue weighted by Crippen LogP contribution is -2.43. The van der Waals surface area contributed by atoms with Gasteiger partial charge in [0, 0.05) is 45.5 Å². The minimum Gasteiger partial charge on any atom is -0.461 e. The van der Waals surface area contributed by atoms with Crippen molar-refractivity contribution in [3.63, 3.8) is 0 Å². The summed E-state index contributed by atoms with van der Waals surface area (Å²) in [6.45, 7) is 3.22. The van der Waals surface area contributed by atoms with Gasteiger partial charge in [-0.3, -0.25) is 14.4 Å². The van der Waals surface area contributed by atoms with E-state index in [9.17, 15) is 9.18 Å². The maximum Gasteiger partial charge on any atom is 0.319 e. The van der Waals surface area contributed by atoms with E-state index in [1.165, 1.54) is 4.90 Å². The molecule has 3 aliphatic heterocycles. The average molecular weight is 639 g/mol. The van der Waals surface area contributed by atoms with Gasteiger partial charge in [-0.1, -0.05) is 11.6 Å². The molecule has 0 aliphatic carbocycles. The molecule has 2 saturated heterocycles. The van der Waals surface area contributed by atoms with Crippen molar-refractivity contribution in [3.8, 4) is 6.01 Å². The highest BCUT2D eigenvalue weighted by Crippen LogP contribution is 2.41. The molecule has 214 valence electrons. The van der Waals surface area contributed by atoms with Crippen molar-refractivity contribution in [1.82, 2.24) is 29.5 Å². The van der Waals surface area contributed by atoms with Crippen molar-refractivity contribution in [1.29, 1.82) is 0 Å². The molecule has 9 nitrogen and oxygen atoms in total. The summed E-state index contributed by atoms with van der Waals surface area (Å²) in [6.07, 6.45) is 3.03. The van der Waals surface area contributed by atoms with E-state index in [0.29, 0.717) is 49.5 Å². The highest BCUT2D eigenvalue weighted by molar-refractivity contribution is 9.10. The highest BCUT2D eigenvalue weighted by atomic mass is 79.9. The van der Waals surface area contributed by atoms with E-state index in [1.807, 2.05) is 9.58 Å². The van der Waals surface area contributed by atoms with Crippen molar-refractivity contribution < 1.29 is 18.3 Å². The summed E-state index contributed by atoms with van der Waals surface area (Å²) in [4.78, 5) is 27.5. The van der Waals surface area contributed by atoms with Crippen LogP contribution in [0.1, 0.15) is 48.3 Å². The molecule has 5 heterocycles. The Balaban J connectivity index is 1.39. The minimum absolute atomic E-state index is 0.0400. The molecule has 0 N–H and O–H groups in total. The summed E-state index contributed by atoms with van der Waals surface area (Å²) < 4.78 is 38.0. The molecule has 6 rings (SSSR count). The normalized spacial score (nSPS) is 23.1. The van der Waals surface area contributed by atoms with Gasteiger partial charge in [-0.05, 0) is 60.3 Å². The van der Waals surface area contributed by atoms with Gasteiger partial charge in [0.25, 0.3) is 5.91 Å². The number of rotatable bonds is 5. The van der Waals surface area contributed by atoms with Gasteiger partial charge in [0.2, 0.25) is 0 Å². The van der Waals surface area contributed by atoms with Crippen LogP contribution in [0.2, 0.25) is 5.02 Å². The molecule has 1 aromatic carbocycles. The lowest BCUT2D eigenvalue weighted by atomic mass is 9.95. The second-order valence-corrected chi connectivity index (χ2v) is 12.3. The number of aromatic nitrogens is 4. The van der Waals surface area contributed by atoms with Crippen LogP contribution in [0.4, 0.5) is 14.6 Å². The Hall–Kier alpha value is -2.57. The largest absolute Gasteiger partial charge is 0.461 e. The average Bonchev–Trinajstić information content (AvgIpc) is 3.57. The first-order valence-electron chi connectivity index (χ1n) is 13.6. The Morgan fingerprint density at radius 3 is 2.83 bits per heavy atom. The third-order valence-electron chi connectivity index (χ3n) is 8.21. The van der Waals surface area contributed by atoms with Crippen LogP contribution in [-0.2, 0) is 13.1 Å². The fraction of sp³-hybridized carbons (Fsp3) is 0.556. The number of halogens is 4. The van der Waals surface area contributed by atoms with Crippen LogP contribution in [0.3, 0.4) is 0 Å². The zero-order valence-corrected chi connectivity index (χ0v) is 24.8. The highest BCUT2D eigenvalue weighted by Gasteiger charge is 2.49. The lowest BCUT2D eigenvalue weighted by Gasteiger charge is -2.31. The zero-order valence-electron chi connectivity index (χ0n) is 22.5. The Morgan fingerprint density at radius 1 is 1.23 bits per heavy atom. The molecule has 0 unspecified atom stereocenters. The van der Waals surface area contributed by atoms with E-state index in [2.05, 4.69) is 30.9 Å². The molecule has 0 spiro atoms. The molecule has 40 heavy (non-hydrogen) atoms. The number of alkyl halides is 1. The van der Waals surface area contributed by atoms with Gasteiger partial charge in [0.05, 0.1) is 27.3 Å². The number of anilines is 1. The number of aryl methyl sites for hydroxylation is 1. The molecule has 0 bridgehead atoms. The fourth-order valence-electron chi connectivity index (χ4n) is 6.22. The Kier molecular flexibility index (Phi) is 7.37. The summed E-state index contributed by atoms with van der Waals surface area (Å²) in [7, 11) is 3.39. The minimum atomic E-state index is -0.886. The van der Waals surface area contributed by atoms with Crippen molar-refractivity contribution in [3.05, 3.63) is 38.8 Å². The van der Waals surface area contributed by atoms with Gasteiger partial charge in [-0.15, -0.1) is 0 Å². The smallest absolute Gasteiger partial charge is 0.319 e. The summed E-state index contributed by atoms with van der Waals surface area (Å²) in [6, 6.07) is 3.49. The van der Waals surface area contributed by atoms with Gasteiger partial charge in [-0.25, -0.2) is 8.78 Å². The predicted molar refractivity (Wildman–Crippen MR) is 151 cm³/mol. The number of hydrogen-bond acceptors (Lipinski definition) is 7. The second kappa shape index (κ2) is 10.7. The van der Waals surface area contributed by atoms with E-state index in [1.54, 1.807) is 26.2 Å². The standard InChI is InChI=1S/C27H31BrClF2N7O2/c1-35(2)25(39)20-10-17-14-36(7-3-4-9-38(17)34-20)24-18-11-19(29)21(28)22(31)23(18)32-26(33-24)40-15-27-6-5-8-37(27)13-16(30)12-27/h10-11,16H,3-9,12-15H2,1-2H3/t16-,27+/m1/s1. The number of carbonyl (C=O) groups is 1. The topological polar surface area (TPSA) is 79.6 Å². The van der Waals surface area contributed by atoms with Gasteiger partial charge < -0.3 is 14.5 Å². The lowest BCUT2D eigenvalue weighted by molar-refractivity contribution is 0.0821.